The molecule has 0 aromatic rings. The standard InChI is InChI=1S/C11H21NO2/c1-4-5-11(13)8-12-6-9(2)14-10(3)7-12/h9-10H,4-8H2,1-3H3/t9-,10+. The van der Waals surface area contributed by atoms with Crippen LogP contribution in [0.3, 0.4) is 0 Å². The number of carbonyl (C=O) groups is 1. The zero-order valence-electron chi connectivity index (χ0n) is 9.45. The predicted octanol–water partition coefficient (Wildman–Crippen LogP) is 1.46. The Hall–Kier alpha value is -0.410. The molecule has 1 saturated heterocycles. The van der Waals surface area contributed by atoms with E-state index in [1.165, 1.54) is 0 Å². The first kappa shape index (κ1) is 11.7. The number of morpholine rings is 1. The number of hydrogen-bond donors (Lipinski definition) is 0. The number of hydrogen-bond acceptors (Lipinski definition) is 3. The molecule has 0 saturated carbocycles. The molecule has 0 amide bonds. The zero-order valence-corrected chi connectivity index (χ0v) is 9.45. The lowest BCUT2D eigenvalue weighted by Gasteiger charge is -2.34. The summed E-state index contributed by atoms with van der Waals surface area (Å²) in [5.41, 5.74) is 0. The highest BCUT2D eigenvalue weighted by molar-refractivity contribution is 5.80. The molecule has 0 unspecified atom stereocenters. The summed E-state index contributed by atoms with van der Waals surface area (Å²) in [4.78, 5) is 13.6. The second kappa shape index (κ2) is 5.47. The first-order chi connectivity index (χ1) is 6.61. The number of Topliss-reactive ketones (excluding diaryl/α,β-unsaturated/α-hetero) is 1. The molecule has 0 aliphatic carbocycles. The molecule has 3 heteroatoms. The lowest BCUT2D eigenvalue weighted by atomic mass is 10.2. The Morgan fingerprint density at radius 1 is 1.36 bits per heavy atom. The van der Waals surface area contributed by atoms with Crippen LogP contribution in [0.2, 0.25) is 0 Å². The molecule has 0 N–H and O–H groups in total. The van der Waals surface area contributed by atoms with E-state index in [9.17, 15) is 4.79 Å². The Bertz CT molecular complexity index is 184. The maximum absolute atomic E-state index is 11.4. The molecule has 1 aliphatic heterocycles. The lowest BCUT2D eigenvalue weighted by Crippen LogP contribution is -2.47. The van der Waals surface area contributed by atoms with E-state index >= 15 is 0 Å². The SMILES string of the molecule is CCCC(=O)CN1C[C@@H](C)O[C@@H](C)C1. The summed E-state index contributed by atoms with van der Waals surface area (Å²) >= 11 is 0. The van der Waals surface area contributed by atoms with Crippen LogP contribution in [0.15, 0.2) is 0 Å². The summed E-state index contributed by atoms with van der Waals surface area (Å²) in [6, 6.07) is 0. The number of ketones is 1. The Morgan fingerprint density at radius 3 is 2.43 bits per heavy atom. The van der Waals surface area contributed by atoms with Crippen molar-refractivity contribution < 1.29 is 9.53 Å². The highest BCUT2D eigenvalue weighted by Gasteiger charge is 2.23. The van der Waals surface area contributed by atoms with Crippen LogP contribution in [0.5, 0.6) is 0 Å². The first-order valence-corrected chi connectivity index (χ1v) is 5.51. The van der Waals surface area contributed by atoms with E-state index in [4.69, 9.17) is 4.74 Å². The molecule has 14 heavy (non-hydrogen) atoms. The Kier molecular flexibility index (Phi) is 4.55. The van der Waals surface area contributed by atoms with Gasteiger partial charge in [-0.25, -0.2) is 0 Å². The van der Waals surface area contributed by atoms with Crippen molar-refractivity contribution in [2.45, 2.75) is 45.8 Å². The summed E-state index contributed by atoms with van der Waals surface area (Å²) in [7, 11) is 0. The monoisotopic (exact) mass is 199 g/mol. The largest absolute Gasteiger partial charge is 0.373 e. The molecule has 3 nitrogen and oxygen atoms in total. The summed E-state index contributed by atoms with van der Waals surface area (Å²) in [5, 5.41) is 0. The van der Waals surface area contributed by atoms with Crippen LogP contribution in [0, 0.1) is 0 Å². The molecule has 2 atom stereocenters. The van der Waals surface area contributed by atoms with Gasteiger partial charge in [0, 0.05) is 19.5 Å². The topological polar surface area (TPSA) is 29.5 Å². The van der Waals surface area contributed by atoms with Gasteiger partial charge in [-0.05, 0) is 20.3 Å². The fourth-order valence-electron chi connectivity index (χ4n) is 2.02. The van der Waals surface area contributed by atoms with Gasteiger partial charge in [0.1, 0.15) is 5.78 Å². The Morgan fingerprint density at radius 2 is 1.93 bits per heavy atom. The third-order valence-electron chi connectivity index (χ3n) is 2.42. The van der Waals surface area contributed by atoms with Crippen LogP contribution in [-0.4, -0.2) is 42.5 Å². The van der Waals surface area contributed by atoms with Gasteiger partial charge in [0.2, 0.25) is 0 Å². The molecule has 1 rings (SSSR count). The summed E-state index contributed by atoms with van der Waals surface area (Å²) < 4.78 is 5.60. The van der Waals surface area contributed by atoms with Crippen molar-refractivity contribution in [3.05, 3.63) is 0 Å². The molecule has 0 aromatic heterocycles. The number of ether oxygens (including phenoxy) is 1. The van der Waals surface area contributed by atoms with E-state index in [0.717, 1.165) is 19.5 Å². The van der Waals surface area contributed by atoms with Crippen molar-refractivity contribution in [3.8, 4) is 0 Å². The molecule has 0 radical (unpaired) electrons. The Labute approximate surface area is 86.4 Å². The minimum Gasteiger partial charge on any atom is -0.373 e. The molecule has 0 spiro atoms. The highest BCUT2D eigenvalue weighted by atomic mass is 16.5. The Balaban J connectivity index is 2.33. The van der Waals surface area contributed by atoms with Gasteiger partial charge in [-0.1, -0.05) is 6.92 Å². The van der Waals surface area contributed by atoms with Gasteiger partial charge in [-0.15, -0.1) is 0 Å². The van der Waals surface area contributed by atoms with Gasteiger partial charge in [0.15, 0.2) is 0 Å². The summed E-state index contributed by atoms with van der Waals surface area (Å²) in [5.74, 6) is 0.355. The quantitative estimate of drug-likeness (QED) is 0.686. The molecule has 0 bridgehead atoms. The van der Waals surface area contributed by atoms with E-state index < -0.39 is 0 Å². The molecule has 1 heterocycles. The van der Waals surface area contributed by atoms with Crippen molar-refractivity contribution in [2.75, 3.05) is 19.6 Å². The molecule has 82 valence electrons. The van der Waals surface area contributed by atoms with E-state index in [-0.39, 0.29) is 12.2 Å². The molecular weight excluding hydrogens is 178 g/mol. The number of carbonyl (C=O) groups excluding carboxylic acids is 1. The van der Waals surface area contributed by atoms with Gasteiger partial charge < -0.3 is 4.74 Å². The van der Waals surface area contributed by atoms with Crippen molar-refractivity contribution in [2.24, 2.45) is 0 Å². The molecule has 1 fully saturated rings. The van der Waals surface area contributed by atoms with Gasteiger partial charge >= 0.3 is 0 Å². The van der Waals surface area contributed by atoms with Gasteiger partial charge in [-0.2, -0.15) is 0 Å². The van der Waals surface area contributed by atoms with E-state index in [1.54, 1.807) is 0 Å². The minimum atomic E-state index is 0.258. The van der Waals surface area contributed by atoms with Crippen molar-refractivity contribution in [3.63, 3.8) is 0 Å². The van der Waals surface area contributed by atoms with E-state index in [1.807, 2.05) is 6.92 Å². The summed E-state index contributed by atoms with van der Waals surface area (Å²) in [6.45, 7) is 8.55. The molecule has 1 aliphatic rings. The van der Waals surface area contributed by atoms with Crippen LogP contribution in [-0.2, 0) is 9.53 Å². The third-order valence-corrected chi connectivity index (χ3v) is 2.42. The van der Waals surface area contributed by atoms with Crippen LogP contribution in [0.25, 0.3) is 0 Å². The first-order valence-electron chi connectivity index (χ1n) is 5.51. The van der Waals surface area contributed by atoms with Crippen LogP contribution >= 0.6 is 0 Å². The highest BCUT2D eigenvalue weighted by Crippen LogP contribution is 2.10. The fourth-order valence-corrected chi connectivity index (χ4v) is 2.02. The summed E-state index contributed by atoms with van der Waals surface area (Å²) in [6.07, 6.45) is 2.18. The second-order valence-corrected chi connectivity index (χ2v) is 4.24. The number of nitrogens with zero attached hydrogens (tertiary/aromatic N) is 1. The zero-order chi connectivity index (χ0) is 10.6. The van der Waals surface area contributed by atoms with Crippen LogP contribution < -0.4 is 0 Å². The van der Waals surface area contributed by atoms with Crippen LogP contribution in [0.1, 0.15) is 33.6 Å². The van der Waals surface area contributed by atoms with Gasteiger partial charge in [-0.3, -0.25) is 9.69 Å². The second-order valence-electron chi connectivity index (χ2n) is 4.24. The third kappa shape index (κ3) is 3.76. The van der Waals surface area contributed by atoms with Gasteiger partial charge in [0.05, 0.1) is 18.8 Å². The maximum Gasteiger partial charge on any atom is 0.146 e. The van der Waals surface area contributed by atoms with E-state index in [0.29, 0.717) is 18.7 Å². The van der Waals surface area contributed by atoms with Crippen molar-refractivity contribution in [1.29, 1.82) is 0 Å². The normalized spacial score (nSPS) is 29.1. The average molecular weight is 199 g/mol. The van der Waals surface area contributed by atoms with E-state index in [2.05, 4.69) is 18.7 Å². The minimum absolute atomic E-state index is 0.258. The van der Waals surface area contributed by atoms with Crippen molar-refractivity contribution in [1.82, 2.24) is 4.90 Å². The molecular formula is C11H21NO2. The fraction of sp³-hybridized carbons (Fsp3) is 0.909. The van der Waals surface area contributed by atoms with Gasteiger partial charge in [0.25, 0.3) is 0 Å². The lowest BCUT2D eigenvalue weighted by molar-refractivity contribution is -0.124. The van der Waals surface area contributed by atoms with Crippen molar-refractivity contribution >= 4 is 5.78 Å². The average Bonchev–Trinajstić information content (AvgIpc) is 2.01. The smallest absolute Gasteiger partial charge is 0.146 e. The molecule has 0 aromatic carbocycles. The maximum atomic E-state index is 11.4. The number of rotatable bonds is 4. The predicted molar refractivity (Wildman–Crippen MR) is 56.4 cm³/mol. The van der Waals surface area contributed by atoms with Crippen LogP contribution in [0.4, 0.5) is 0 Å².